The molecule has 1 aromatic rings. The number of thiol groups is 1. The molecule has 0 heterocycles. The summed E-state index contributed by atoms with van der Waals surface area (Å²) in [5, 5.41) is 5.80. The molecule has 1 aromatic carbocycles. The summed E-state index contributed by atoms with van der Waals surface area (Å²) in [6, 6.07) is 4.13. The number of rotatable bonds is 9. The van der Waals surface area contributed by atoms with E-state index in [1.54, 1.807) is 26.8 Å². The Labute approximate surface area is 215 Å². The van der Waals surface area contributed by atoms with Crippen molar-refractivity contribution in [2.75, 3.05) is 12.3 Å². The van der Waals surface area contributed by atoms with Gasteiger partial charge in [-0.3, -0.25) is 9.59 Å². The number of nitrogens with zero attached hydrogens (tertiary/aromatic N) is 1. The maximum Gasteiger partial charge on any atom is 0.408 e. The predicted molar refractivity (Wildman–Crippen MR) is 143 cm³/mol. The molecule has 1 fully saturated rings. The van der Waals surface area contributed by atoms with Crippen molar-refractivity contribution in [1.29, 1.82) is 0 Å². The van der Waals surface area contributed by atoms with Crippen molar-refractivity contribution >= 4 is 30.5 Å². The van der Waals surface area contributed by atoms with E-state index in [9.17, 15) is 14.4 Å². The van der Waals surface area contributed by atoms with Crippen molar-refractivity contribution in [3.8, 4) is 0 Å². The maximum atomic E-state index is 13.7. The van der Waals surface area contributed by atoms with Crippen LogP contribution in [0.3, 0.4) is 0 Å². The smallest absolute Gasteiger partial charge is 0.408 e. The average molecular weight is 504 g/mol. The lowest BCUT2D eigenvalue weighted by Crippen LogP contribution is -2.54. The number of carbonyl (C=O) groups is 3. The quantitative estimate of drug-likeness (QED) is 0.339. The van der Waals surface area contributed by atoms with Gasteiger partial charge in [0.05, 0.1) is 0 Å². The summed E-state index contributed by atoms with van der Waals surface area (Å²) in [6.45, 7) is 13.1. The third kappa shape index (κ3) is 8.91. The van der Waals surface area contributed by atoms with Crippen LogP contribution in [0.2, 0.25) is 0 Å². The second-order valence-corrected chi connectivity index (χ2v) is 10.7. The molecule has 0 aromatic heterocycles. The molecule has 1 aliphatic carbocycles. The number of alkyl carbamates (subject to hydrolysis) is 1. The summed E-state index contributed by atoms with van der Waals surface area (Å²) in [5.41, 5.74) is 2.01. The predicted octanol–water partition coefficient (Wildman–Crippen LogP) is 4.63. The van der Waals surface area contributed by atoms with Crippen LogP contribution in [0.4, 0.5) is 4.79 Å². The monoisotopic (exact) mass is 503 g/mol. The lowest BCUT2D eigenvalue weighted by molar-refractivity contribution is -0.141. The molecule has 8 heteroatoms. The lowest BCUT2D eigenvalue weighted by Gasteiger charge is -2.35. The van der Waals surface area contributed by atoms with E-state index in [-0.39, 0.29) is 24.2 Å². The summed E-state index contributed by atoms with van der Waals surface area (Å²) in [5.74, 6) is -0.601. The van der Waals surface area contributed by atoms with Crippen LogP contribution in [0.5, 0.6) is 0 Å². The Hall–Kier alpha value is -2.48. The van der Waals surface area contributed by atoms with Gasteiger partial charge >= 0.3 is 6.09 Å². The number of amides is 3. The van der Waals surface area contributed by atoms with Crippen LogP contribution in [0.15, 0.2) is 30.9 Å². The Kier molecular flexibility index (Phi) is 10.7. The van der Waals surface area contributed by atoms with Crippen molar-refractivity contribution in [2.45, 2.75) is 90.4 Å². The van der Waals surface area contributed by atoms with Gasteiger partial charge in [0.25, 0.3) is 0 Å². The van der Waals surface area contributed by atoms with Crippen LogP contribution in [-0.2, 0) is 14.3 Å². The molecule has 194 valence electrons. The molecule has 2 N–H and O–H groups in total. The molecule has 1 saturated carbocycles. The van der Waals surface area contributed by atoms with E-state index >= 15 is 0 Å². The van der Waals surface area contributed by atoms with Gasteiger partial charge in [0.2, 0.25) is 11.8 Å². The molecule has 7 nitrogen and oxygen atoms in total. The van der Waals surface area contributed by atoms with Crippen molar-refractivity contribution in [3.63, 3.8) is 0 Å². The maximum absolute atomic E-state index is 13.7. The minimum Gasteiger partial charge on any atom is -0.444 e. The molecular formula is C27H41N3O4S. The van der Waals surface area contributed by atoms with Gasteiger partial charge in [-0.2, -0.15) is 12.6 Å². The van der Waals surface area contributed by atoms with E-state index in [0.29, 0.717) is 0 Å². The fraction of sp³-hybridized carbons (Fsp3) is 0.593. The summed E-state index contributed by atoms with van der Waals surface area (Å²) < 4.78 is 5.33. The van der Waals surface area contributed by atoms with Gasteiger partial charge in [0.15, 0.2) is 0 Å². The summed E-state index contributed by atoms with van der Waals surface area (Å²) >= 11 is 4.31. The van der Waals surface area contributed by atoms with Crippen molar-refractivity contribution in [2.24, 2.45) is 0 Å². The van der Waals surface area contributed by atoms with Crippen molar-refractivity contribution in [1.82, 2.24) is 15.5 Å². The number of carbonyl (C=O) groups excluding carboxylic acids is 3. The molecule has 35 heavy (non-hydrogen) atoms. The van der Waals surface area contributed by atoms with Crippen LogP contribution in [0, 0.1) is 13.8 Å². The Bertz CT molecular complexity index is 886. The fourth-order valence-corrected chi connectivity index (χ4v) is 4.71. The molecule has 0 saturated heterocycles. The zero-order chi connectivity index (χ0) is 26.2. The fourth-order valence-electron chi connectivity index (χ4n) is 4.46. The van der Waals surface area contributed by atoms with Gasteiger partial charge in [-0.05, 0) is 53.0 Å². The first kappa shape index (κ1) is 28.8. The highest BCUT2D eigenvalue weighted by Gasteiger charge is 2.36. The molecule has 0 aliphatic heterocycles. The highest BCUT2D eigenvalue weighted by molar-refractivity contribution is 7.80. The minimum absolute atomic E-state index is 0.0511. The molecule has 0 spiro atoms. The van der Waals surface area contributed by atoms with E-state index in [2.05, 4.69) is 29.8 Å². The van der Waals surface area contributed by atoms with Crippen LogP contribution >= 0.6 is 12.6 Å². The molecular weight excluding hydrogens is 462 g/mol. The molecule has 2 unspecified atom stereocenters. The van der Waals surface area contributed by atoms with E-state index in [1.807, 2.05) is 32.0 Å². The molecule has 0 radical (unpaired) electrons. The number of ether oxygens (including phenoxy) is 1. The number of hydrogen-bond donors (Lipinski definition) is 3. The van der Waals surface area contributed by atoms with Gasteiger partial charge in [0, 0.05) is 18.3 Å². The first-order chi connectivity index (χ1) is 16.4. The normalized spacial score (nSPS) is 16.1. The third-order valence-electron chi connectivity index (χ3n) is 5.85. The second-order valence-electron chi connectivity index (χ2n) is 10.3. The Balaban J connectivity index is 2.41. The highest BCUT2D eigenvalue weighted by atomic mass is 32.1. The second kappa shape index (κ2) is 13.0. The van der Waals surface area contributed by atoms with Crippen LogP contribution in [-0.4, -0.2) is 52.8 Å². The van der Waals surface area contributed by atoms with E-state index in [4.69, 9.17) is 4.74 Å². The highest BCUT2D eigenvalue weighted by Crippen LogP contribution is 2.26. The number of benzene rings is 1. The first-order valence-corrected chi connectivity index (χ1v) is 13.0. The molecule has 2 rings (SSSR count). The summed E-state index contributed by atoms with van der Waals surface area (Å²) in [6.07, 6.45) is 6.07. The van der Waals surface area contributed by atoms with Gasteiger partial charge in [-0.25, -0.2) is 4.79 Å². The van der Waals surface area contributed by atoms with Crippen LogP contribution in [0.25, 0.3) is 0 Å². The number of aryl methyl sites for hydroxylation is 2. The molecule has 1 aliphatic rings. The number of nitrogens with one attached hydrogen (secondary N) is 2. The molecule has 0 bridgehead atoms. The number of hydrogen-bond acceptors (Lipinski definition) is 5. The largest absolute Gasteiger partial charge is 0.444 e. The van der Waals surface area contributed by atoms with Gasteiger partial charge in [-0.15, -0.1) is 6.58 Å². The van der Waals surface area contributed by atoms with E-state index in [0.717, 1.165) is 42.4 Å². The Morgan fingerprint density at radius 2 is 1.74 bits per heavy atom. The standard InChI is InChI=1S/C27H41N3O4S/c1-7-13-30(25(32)22(17-35)29-26(33)34-27(4,5)6)23(20-15-18(2)14-19(3)16-20)24(31)28-21-11-9-8-10-12-21/h7,14-16,21-23,35H,1,8-13,17H2,2-6H3,(H,28,31)(H,29,33). The Morgan fingerprint density at radius 3 is 2.26 bits per heavy atom. The topological polar surface area (TPSA) is 87.7 Å². The van der Waals surface area contributed by atoms with Crippen molar-refractivity contribution in [3.05, 3.63) is 47.5 Å². The summed E-state index contributed by atoms with van der Waals surface area (Å²) in [7, 11) is 0. The van der Waals surface area contributed by atoms with Gasteiger partial charge in [-0.1, -0.05) is 54.7 Å². The minimum atomic E-state index is -0.968. The van der Waals surface area contributed by atoms with Gasteiger partial charge < -0.3 is 20.3 Å². The zero-order valence-corrected chi connectivity index (χ0v) is 22.6. The van der Waals surface area contributed by atoms with E-state index < -0.39 is 29.7 Å². The molecule has 3 amide bonds. The van der Waals surface area contributed by atoms with Crippen molar-refractivity contribution < 1.29 is 19.1 Å². The van der Waals surface area contributed by atoms with Crippen LogP contribution < -0.4 is 10.6 Å². The summed E-state index contributed by atoms with van der Waals surface area (Å²) in [4.78, 5) is 41.3. The van der Waals surface area contributed by atoms with Crippen LogP contribution in [0.1, 0.15) is 75.6 Å². The SMILES string of the molecule is C=CCN(C(=O)C(CS)NC(=O)OC(C)(C)C)C(C(=O)NC1CCCCC1)c1cc(C)cc(C)c1. The zero-order valence-electron chi connectivity index (χ0n) is 21.7. The Morgan fingerprint density at radius 1 is 1.14 bits per heavy atom. The lowest BCUT2D eigenvalue weighted by atomic mass is 9.94. The first-order valence-electron chi connectivity index (χ1n) is 12.4. The van der Waals surface area contributed by atoms with E-state index in [1.165, 1.54) is 11.3 Å². The molecule has 2 atom stereocenters. The van der Waals surface area contributed by atoms with Gasteiger partial charge in [0.1, 0.15) is 17.7 Å². The average Bonchev–Trinajstić information content (AvgIpc) is 2.75. The third-order valence-corrected chi connectivity index (χ3v) is 6.22.